The van der Waals surface area contributed by atoms with Crippen molar-refractivity contribution in [3.05, 3.63) is 127 Å². The van der Waals surface area contributed by atoms with E-state index in [2.05, 4.69) is 19.7 Å². The molecule has 6 nitrogen and oxygen atoms in total. The van der Waals surface area contributed by atoms with Gasteiger partial charge in [-0.15, -0.1) is 0 Å². The Morgan fingerprint density at radius 1 is 0.559 bits per heavy atom. The lowest BCUT2D eigenvalue weighted by Gasteiger charge is -2.20. The molecule has 3 rings (SSSR count). The van der Waals surface area contributed by atoms with Crippen LogP contribution in [-0.4, -0.2) is 17.9 Å². The third-order valence-electron chi connectivity index (χ3n) is 4.73. The Morgan fingerprint density at radius 3 is 1.12 bits per heavy atom. The highest BCUT2D eigenvalue weighted by molar-refractivity contribution is 5.84. The summed E-state index contributed by atoms with van der Waals surface area (Å²) in [5.41, 5.74) is 2.36. The van der Waals surface area contributed by atoms with Gasteiger partial charge in [0.2, 0.25) is 0 Å². The second-order valence-electron chi connectivity index (χ2n) is 7.03. The molecule has 0 aliphatic carbocycles. The van der Waals surface area contributed by atoms with Crippen LogP contribution in [0.2, 0.25) is 0 Å². The van der Waals surface area contributed by atoms with E-state index in [1.165, 1.54) is 0 Å². The van der Waals surface area contributed by atoms with Crippen molar-refractivity contribution >= 4 is 17.9 Å². The van der Waals surface area contributed by atoms with Crippen LogP contribution < -0.4 is 14.2 Å². The van der Waals surface area contributed by atoms with Gasteiger partial charge in [-0.2, -0.15) is 0 Å². The molecule has 0 bridgehead atoms. The molecule has 0 atom stereocenters. The molecule has 0 amide bonds. The van der Waals surface area contributed by atoms with Crippen molar-refractivity contribution < 1.29 is 28.6 Å². The van der Waals surface area contributed by atoms with Crippen LogP contribution in [0.15, 0.2) is 111 Å². The molecule has 6 heteroatoms. The summed E-state index contributed by atoms with van der Waals surface area (Å²) in [6.07, 6.45) is 3.25. The fraction of sp³-hybridized carbons (Fsp3) is 0.0357. The maximum absolute atomic E-state index is 11.7. The Labute approximate surface area is 197 Å². The quantitative estimate of drug-likeness (QED) is 0.193. The molecule has 0 saturated carbocycles. The highest BCUT2D eigenvalue weighted by Crippen LogP contribution is 2.36. The number of carbonyl (C=O) groups excluding carboxylic acids is 3. The maximum atomic E-state index is 11.7. The molecule has 0 spiro atoms. The molecule has 3 aromatic rings. The predicted molar refractivity (Wildman–Crippen MR) is 128 cm³/mol. The SMILES string of the molecule is C=CC(=O)Oc1cccc(C(c2cccc(OC(=O)C=C)c2)c2cccc(OC(=O)C=C)c2)c1. The van der Waals surface area contributed by atoms with E-state index in [1.54, 1.807) is 54.6 Å². The van der Waals surface area contributed by atoms with Gasteiger partial charge in [-0.3, -0.25) is 0 Å². The molecule has 0 heterocycles. The van der Waals surface area contributed by atoms with Crippen molar-refractivity contribution in [2.45, 2.75) is 5.92 Å². The molecule has 34 heavy (non-hydrogen) atoms. The number of hydrogen-bond donors (Lipinski definition) is 0. The Hall–Kier alpha value is -4.71. The minimum Gasteiger partial charge on any atom is -0.423 e. The molecule has 0 saturated heterocycles. The third-order valence-corrected chi connectivity index (χ3v) is 4.73. The number of esters is 3. The monoisotopic (exact) mass is 454 g/mol. The molecule has 0 fully saturated rings. The summed E-state index contributed by atoms with van der Waals surface area (Å²) in [4.78, 5) is 35.1. The number of benzene rings is 3. The lowest BCUT2D eigenvalue weighted by Crippen LogP contribution is -2.08. The van der Waals surface area contributed by atoms with Crippen molar-refractivity contribution in [3.8, 4) is 17.2 Å². The Balaban J connectivity index is 2.11. The van der Waals surface area contributed by atoms with Crippen LogP contribution in [0.4, 0.5) is 0 Å². The molecule has 0 unspecified atom stereocenters. The number of ether oxygens (including phenoxy) is 3. The Bertz CT molecular complexity index is 1100. The topological polar surface area (TPSA) is 78.9 Å². The van der Waals surface area contributed by atoms with Gasteiger partial charge in [-0.1, -0.05) is 56.1 Å². The van der Waals surface area contributed by atoms with Gasteiger partial charge in [0.05, 0.1) is 0 Å². The maximum Gasteiger partial charge on any atom is 0.335 e. The second-order valence-corrected chi connectivity index (χ2v) is 7.03. The lowest BCUT2D eigenvalue weighted by atomic mass is 9.85. The zero-order chi connectivity index (χ0) is 24.5. The van der Waals surface area contributed by atoms with Gasteiger partial charge in [-0.25, -0.2) is 14.4 Å². The van der Waals surface area contributed by atoms with E-state index in [1.807, 2.05) is 18.2 Å². The molecule has 0 aromatic heterocycles. The fourth-order valence-corrected chi connectivity index (χ4v) is 3.32. The zero-order valence-electron chi connectivity index (χ0n) is 18.3. The zero-order valence-corrected chi connectivity index (χ0v) is 18.3. The number of hydrogen-bond acceptors (Lipinski definition) is 6. The summed E-state index contributed by atoms with van der Waals surface area (Å²) in [5.74, 6) is -1.09. The normalized spacial score (nSPS) is 10.1. The van der Waals surface area contributed by atoms with Gasteiger partial charge < -0.3 is 14.2 Å². The van der Waals surface area contributed by atoms with Gasteiger partial charge in [0.15, 0.2) is 0 Å². The minimum absolute atomic E-state index is 0.343. The van der Waals surface area contributed by atoms with Crippen LogP contribution in [0.25, 0.3) is 0 Å². The van der Waals surface area contributed by atoms with E-state index < -0.39 is 17.9 Å². The van der Waals surface area contributed by atoms with E-state index in [0.29, 0.717) is 17.2 Å². The van der Waals surface area contributed by atoms with E-state index >= 15 is 0 Å². The molecule has 3 aromatic carbocycles. The standard InChI is InChI=1S/C28H22O6/c1-4-25(29)32-22-13-7-10-19(16-22)28(20-11-8-14-23(17-20)33-26(30)5-2)21-12-9-15-24(18-21)34-27(31)6-3/h4-18,28H,1-3H2. The Kier molecular flexibility index (Phi) is 7.92. The van der Waals surface area contributed by atoms with Crippen molar-refractivity contribution in [3.63, 3.8) is 0 Å². The van der Waals surface area contributed by atoms with Gasteiger partial charge >= 0.3 is 17.9 Å². The van der Waals surface area contributed by atoms with Gasteiger partial charge in [0.1, 0.15) is 17.2 Å². The van der Waals surface area contributed by atoms with Crippen molar-refractivity contribution in [2.24, 2.45) is 0 Å². The third kappa shape index (κ3) is 6.17. The first-order chi connectivity index (χ1) is 16.4. The highest BCUT2D eigenvalue weighted by Gasteiger charge is 2.20. The van der Waals surface area contributed by atoms with Gasteiger partial charge in [0.25, 0.3) is 0 Å². The minimum atomic E-state index is -0.578. The molecule has 0 aliphatic heterocycles. The van der Waals surface area contributed by atoms with E-state index in [9.17, 15) is 14.4 Å². The van der Waals surface area contributed by atoms with Crippen LogP contribution >= 0.6 is 0 Å². The lowest BCUT2D eigenvalue weighted by molar-refractivity contribution is -0.129. The van der Waals surface area contributed by atoms with Crippen LogP contribution in [0, 0.1) is 0 Å². The van der Waals surface area contributed by atoms with Gasteiger partial charge in [0, 0.05) is 24.1 Å². The summed E-state index contributed by atoms with van der Waals surface area (Å²) in [6, 6.07) is 21.1. The summed E-state index contributed by atoms with van der Waals surface area (Å²) in [7, 11) is 0. The predicted octanol–water partition coefficient (Wildman–Crippen LogP) is 5.14. The average Bonchev–Trinajstić information content (AvgIpc) is 2.84. The van der Waals surface area contributed by atoms with Crippen LogP contribution in [0.5, 0.6) is 17.2 Å². The first kappa shape index (κ1) is 23.9. The van der Waals surface area contributed by atoms with Crippen molar-refractivity contribution in [1.82, 2.24) is 0 Å². The average molecular weight is 454 g/mol. The first-order valence-corrected chi connectivity index (χ1v) is 10.3. The summed E-state index contributed by atoms with van der Waals surface area (Å²) in [6.45, 7) is 10.3. The molecule has 0 aliphatic rings. The fourth-order valence-electron chi connectivity index (χ4n) is 3.32. The summed E-state index contributed by atoms with van der Waals surface area (Å²) in [5, 5.41) is 0. The Morgan fingerprint density at radius 2 is 0.853 bits per heavy atom. The first-order valence-electron chi connectivity index (χ1n) is 10.3. The molecule has 0 radical (unpaired) electrons. The van der Waals surface area contributed by atoms with E-state index in [4.69, 9.17) is 14.2 Å². The number of rotatable bonds is 9. The number of carbonyl (C=O) groups is 3. The van der Waals surface area contributed by atoms with Crippen molar-refractivity contribution in [1.29, 1.82) is 0 Å². The van der Waals surface area contributed by atoms with E-state index in [-0.39, 0.29) is 5.92 Å². The largest absolute Gasteiger partial charge is 0.423 e. The molecule has 0 N–H and O–H groups in total. The van der Waals surface area contributed by atoms with E-state index in [0.717, 1.165) is 34.9 Å². The summed E-state index contributed by atoms with van der Waals surface area (Å²) >= 11 is 0. The highest BCUT2D eigenvalue weighted by atomic mass is 16.5. The summed E-state index contributed by atoms with van der Waals surface area (Å²) < 4.78 is 15.9. The van der Waals surface area contributed by atoms with Crippen molar-refractivity contribution in [2.75, 3.05) is 0 Å². The smallest absolute Gasteiger partial charge is 0.335 e. The second kappa shape index (κ2) is 11.2. The molecule has 170 valence electrons. The van der Waals surface area contributed by atoms with Crippen LogP contribution in [-0.2, 0) is 14.4 Å². The molecular weight excluding hydrogens is 432 g/mol. The van der Waals surface area contributed by atoms with Gasteiger partial charge in [-0.05, 0) is 53.1 Å². The van der Waals surface area contributed by atoms with Crippen LogP contribution in [0.1, 0.15) is 22.6 Å². The molecular formula is C28H22O6. The van der Waals surface area contributed by atoms with Crippen LogP contribution in [0.3, 0.4) is 0 Å².